The van der Waals surface area contributed by atoms with Gasteiger partial charge in [0.2, 0.25) is 0 Å². The molecule has 0 spiro atoms. The van der Waals surface area contributed by atoms with Crippen LogP contribution in [0.15, 0.2) is 12.1 Å². The van der Waals surface area contributed by atoms with Crippen molar-refractivity contribution in [3.63, 3.8) is 0 Å². The largest absolute Gasteiger partial charge is 0.496 e. The van der Waals surface area contributed by atoms with Crippen LogP contribution in [0, 0.1) is 13.8 Å². The number of ether oxygens (including phenoxy) is 2. The molecule has 0 saturated carbocycles. The first-order valence-corrected chi connectivity index (χ1v) is 8.34. The van der Waals surface area contributed by atoms with E-state index in [0.717, 1.165) is 24.0 Å². The van der Waals surface area contributed by atoms with Gasteiger partial charge < -0.3 is 19.7 Å². The standard InChI is InChI=1S/C18H26N2O4/c1-5-24-18(22)20-8-6-14(7-9-20)19-17(21)15-10-12(2)13(3)11-16(15)23-4/h10-11,14H,5-9H2,1-4H3,(H,19,21). The van der Waals surface area contributed by atoms with Gasteiger partial charge in [-0.05, 0) is 56.9 Å². The van der Waals surface area contributed by atoms with E-state index in [1.165, 1.54) is 0 Å². The summed E-state index contributed by atoms with van der Waals surface area (Å²) in [6, 6.07) is 3.79. The zero-order chi connectivity index (χ0) is 17.7. The molecule has 132 valence electrons. The average molecular weight is 334 g/mol. The number of benzene rings is 1. The molecular formula is C18H26N2O4. The number of hydrogen-bond donors (Lipinski definition) is 1. The van der Waals surface area contributed by atoms with Crippen LogP contribution >= 0.6 is 0 Å². The predicted octanol–water partition coefficient (Wildman–Crippen LogP) is 2.66. The molecule has 0 aromatic heterocycles. The SMILES string of the molecule is CCOC(=O)N1CCC(NC(=O)c2cc(C)c(C)cc2OC)CC1. The highest BCUT2D eigenvalue weighted by molar-refractivity contribution is 5.97. The van der Waals surface area contributed by atoms with Crippen LogP contribution in [0.25, 0.3) is 0 Å². The van der Waals surface area contributed by atoms with Crippen LogP contribution in [0.2, 0.25) is 0 Å². The minimum atomic E-state index is -0.280. The van der Waals surface area contributed by atoms with Gasteiger partial charge in [-0.25, -0.2) is 4.79 Å². The molecule has 6 nitrogen and oxygen atoms in total. The zero-order valence-electron chi connectivity index (χ0n) is 14.8. The molecule has 0 atom stereocenters. The van der Waals surface area contributed by atoms with Crippen molar-refractivity contribution in [1.82, 2.24) is 10.2 Å². The van der Waals surface area contributed by atoms with Gasteiger partial charge >= 0.3 is 6.09 Å². The lowest BCUT2D eigenvalue weighted by Gasteiger charge is -2.31. The Kier molecular flexibility index (Phi) is 6.06. The van der Waals surface area contributed by atoms with Crippen LogP contribution in [-0.2, 0) is 4.74 Å². The van der Waals surface area contributed by atoms with Crippen molar-refractivity contribution >= 4 is 12.0 Å². The van der Waals surface area contributed by atoms with E-state index >= 15 is 0 Å². The fourth-order valence-electron chi connectivity index (χ4n) is 2.82. The third kappa shape index (κ3) is 4.19. The summed E-state index contributed by atoms with van der Waals surface area (Å²) < 4.78 is 10.3. The van der Waals surface area contributed by atoms with Gasteiger partial charge in [0.15, 0.2) is 0 Å². The fourth-order valence-corrected chi connectivity index (χ4v) is 2.82. The molecular weight excluding hydrogens is 308 g/mol. The maximum atomic E-state index is 12.6. The first-order chi connectivity index (χ1) is 11.5. The molecule has 0 aliphatic carbocycles. The van der Waals surface area contributed by atoms with E-state index in [-0.39, 0.29) is 18.0 Å². The smallest absolute Gasteiger partial charge is 0.409 e. The monoisotopic (exact) mass is 334 g/mol. The summed E-state index contributed by atoms with van der Waals surface area (Å²) in [7, 11) is 1.57. The number of aryl methyl sites for hydroxylation is 2. The normalized spacial score (nSPS) is 15.1. The Labute approximate surface area is 143 Å². The molecule has 1 fully saturated rings. The molecule has 1 aliphatic heterocycles. The van der Waals surface area contributed by atoms with Crippen molar-refractivity contribution in [2.24, 2.45) is 0 Å². The van der Waals surface area contributed by atoms with Crippen molar-refractivity contribution in [1.29, 1.82) is 0 Å². The Morgan fingerprint density at radius 3 is 2.42 bits per heavy atom. The van der Waals surface area contributed by atoms with E-state index in [4.69, 9.17) is 9.47 Å². The van der Waals surface area contributed by atoms with Crippen molar-refractivity contribution < 1.29 is 19.1 Å². The third-order valence-corrected chi connectivity index (χ3v) is 4.42. The summed E-state index contributed by atoms with van der Waals surface area (Å²) in [6.07, 6.45) is 1.16. The number of nitrogens with one attached hydrogen (secondary N) is 1. The number of nitrogens with zero attached hydrogens (tertiary/aromatic N) is 1. The molecule has 1 aromatic rings. The molecule has 1 aliphatic rings. The number of piperidine rings is 1. The third-order valence-electron chi connectivity index (χ3n) is 4.42. The van der Waals surface area contributed by atoms with Crippen molar-refractivity contribution in [3.8, 4) is 5.75 Å². The lowest BCUT2D eigenvalue weighted by Crippen LogP contribution is -2.46. The summed E-state index contributed by atoms with van der Waals surface area (Å²) in [5.74, 6) is 0.448. The second kappa shape index (κ2) is 8.04. The number of likely N-dealkylation sites (tertiary alicyclic amines) is 1. The average Bonchev–Trinajstić information content (AvgIpc) is 2.57. The molecule has 1 aromatic carbocycles. The topological polar surface area (TPSA) is 67.9 Å². The van der Waals surface area contributed by atoms with E-state index in [2.05, 4.69) is 5.32 Å². The van der Waals surface area contributed by atoms with Crippen LogP contribution in [0.5, 0.6) is 5.75 Å². The van der Waals surface area contributed by atoms with E-state index in [1.807, 2.05) is 26.0 Å². The minimum absolute atomic E-state index is 0.0505. The van der Waals surface area contributed by atoms with Crippen LogP contribution in [-0.4, -0.2) is 49.7 Å². The highest BCUT2D eigenvalue weighted by atomic mass is 16.6. The van der Waals surface area contributed by atoms with E-state index < -0.39 is 0 Å². The Morgan fingerprint density at radius 2 is 1.83 bits per heavy atom. The Morgan fingerprint density at radius 1 is 1.21 bits per heavy atom. The lowest BCUT2D eigenvalue weighted by molar-refractivity contribution is 0.0858. The molecule has 0 bridgehead atoms. The molecule has 0 radical (unpaired) electrons. The number of carbonyl (C=O) groups excluding carboxylic acids is 2. The Bertz CT molecular complexity index is 607. The summed E-state index contributed by atoms with van der Waals surface area (Å²) >= 11 is 0. The molecule has 6 heteroatoms. The van der Waals surface area contributed by atoms with Gasteiger partial charge in [0.1, 0.15) is 5.75 Å². The second-order valence-corrected chi connectivity index (χ2v) is 6.07. The van der Waals surface area contributed by atoms with E-state index in [0.29, 0.717) is 31.0 Å². The minimum Gasteiger partial charge on any atom is -0.496 e. The molecule has 0 unspecified atom stereocenters. The predicted molar refractivity (Wildman–Crippen MR) is 91.6 cm³/mol. The van der Waals surface area contributed by atoms with Crippen molar-refractivity contribution in [2.45, 2.75) is 39.7 Å². The Balaban J connectivity index is 1.97. The summed E-state index contributed by atoms with van der Waals surface area (Å²) in [5, 5.41) is 3.05. The zero-order valence-corrected chi connectivity index (χ0v) is 14.8. The fraction of sp³-hybridized carbons (Fsp3) is 0.556. The van der Waals surface area contributed by atoms with Gasteiger partial charge in [-0.15, -0.1) is 0 Å². The van der Waals surface area contributed by atoms with Gasteiger partial charge in [-0.3, -0.25) is 4.79 Å². The van der Waals surface area contributed by atoms with Crippen LogP contribution in [0.4, 0.5) is 4.79 Å². The van der Waals surface area contributed by atoms with Gasteiger partial charge in [0.25, 0.3) is 5.91 Å². The van der Waals surface area contributed by atoms with Crippen molar-refractivity contribution in [2.75, 3.05) is 26.8 Å². The Hall–Kier alpha value is -2.24. The summed E-state index contributed by atoms with van der Waals surface area (Å²) in [6.45, 7) is 7.32. The number of rotatable bonds is 4. The highest BCUT2D eigenvalue weighted by Crippen LogP contribution is 2.23. The second-order valence-electron chi connectivity index (χ2n) is 6.07. The molecule has 2 rings (SSSR count). The van der Waals surface area contributed by atoms with Crippen LogP contribution in [0.3, 0.4) is 0 Å². The summed E-state index contributed by atoms with van der Waals surface area (Å²) in [4.78, 5) is 26.0. The van der Waals surface area contributed by atoms with Crippen LogP contribution < -0.4 is 10.1 Å². The molecule has 1 N–H and O–H groups in total. The first-order valence-electron chi connectivity index (χ1n) is 8.34. The molecule has 2 amide bonds. The maximum Gasteiger partial charge on any atom is 0.409 e. The molecule has 1 heterocycles. The quantitative estimate of drug-likeness (QED) is 0.919. The lowest BCUT2D eigenvalue weighted by atomic mass is 10.0. The number of methoxy groups -OCH3 is 1. The van der Waals surface area contributed by atoms with Gasteiger partial charge in [0.05, 0.1) is 19.3 Å². The van der Waals surface area contributed by atoms with E-state index in [1.54, 1.807) is 18.9 Å². The van der Waals surface area contributed by atoms with Gasteiger partial charge in [0, 0.05) is 19.1 Å². The summed E-state index contributed by atoms with van der Waals surface area (Å²) in [5.41, 5.74) is 2.69. The van der Waals surface area contributed by atoms with Crippen molar-refractivity contribution in [3.05, 3.63) is 28.8 Å². The van der Waals surface area contributed by atoms with Crippen LogP contribution in [0.1, 0.15) is 41.3 Å². The first kappa shape index (κ1) is 18.1. The maximum absolute atomic E-state index is 12.6. The highest BCUT2D eigenvalue weighted by Gasteiger charge is 2.25. The van der Waals surface area contributed by atoms with Gasteiger partial charge in [-0.2, -0.15) is 0 Å². The number of amides is 2. The van der Waals surface area contributed by atoms with E-state index in [9.17, 15) is 9.59 Å². The number of carbonyl (C=O) groups is 2. The molecule has 1 saturated heterocycles. The molecule has 24 heavy (non-hydrogen) atoms. The number of hydrogen-bond acceptors (Lipinski definition) is 4. The van der Waals surface area contributed by atoms with Gasteiger partial charge in [-0.1, -0.05) is 0 Å².